The van der Waals surface area contributed by atoms with Crippen molar-refractivity contribution in [2.45, 2.75) is 25.8 Å². The molecule has 2 aliphatic rings. The first-order valence-electron chi connectivity index (χ1n) is 7.48. The van der Waals surface area contributed by atoms with Gasteiger partial charge in [0.25, 0.3) is 0 Å². The van der Waals surface area contributed by atoms with Crippen LogP contribution in [0.1, 0.15) is 24.8 Å². The van der Waals surface area contributed by atoms with Crippen molar-refractivity contribution in [1.82, 2.24) is 9.80 Å². The number of benzene rings is 1. The van der Waals surface area contributed by atoms with E-state index in [1.54, 1.807) is 0 Å². The minimum atomic E-state index is 0.355. The Kier molecular flexibility index (Phi) is 4.41. The molecule has 0 aromatic heterocycles. The lowest BCUT2D eigenvalue weighted by Crippen LogP contribution is -2.35. The summed E-state index contributed by atoms with van der Waals surface area (Å²) in [4.78, 5) is 16.7. The predicted molar refractivity (Wildman–Crippen MR) is 83.3 cm³/mol. The van der Waals surface area contributed by atoms with Crippen molar-refractivity contribution in [2.75, 3.05) is 26.2 Å². The van der Waals surface area contributed by atoms with E-state index in [0.717, 1.165) is 56.5 Å². The fourth-order valence-corrected chi connectivity index (χ4v) is 3.05. The second-order valence-electron chi connectivity index (χ2n) is 5.86. The molecule has 20 heavy (non-hydrogen) atoms. The molecule has 1 aromatic carbocycles. The molecule has 3 rings (SSSR count). The number of amides is 1. The quantitative estimate of drug-likeness (QED) is 0.847. The Morgan fingerprint density at radius 2 is 1.85 bits per heavy atom. The molecular formula is C16H21BrN2O. The first-order chi connectivity index (χ1) is 9.72. The zero-order valence-electron chi connectivity index (χ0n) is 11.7. The van der Waals surface area contributed by atoms with E-state index in [1.165, 1.54) is 5.56 Å². The number of halogens is 1. The molecule has 108 valence electrons. The minimum Gasteiger partial charge on any atom is -0.341 e. The second kappa shape index (κ2) is 6.27. The molecule has 1 saturated heterocycles. The highest BCUT2D eigenvalue weighted by molar-refractivity contribution is 9.10. The van der Waals surface area contributed by atoms with Gasteiger partial charge in [0.1, 0.15) is 0 Å². The largest absolute Gasteiger partial charge is 0.341 e. The van der Waals surface area contributed by atoms with Gasteiger partial charge in [-0.1, -0.05) is 28.1 Å². The van der Waals surface area contributed by atoms with Crippen LogP contribution >= 0.6 is 15.9 Å². The van der Waals surface area contributed by atoms with Crippen LogP contribution in [-0.2, 0) is 11.3 Å². The number of carbonyl (C=O) groups is 1. The topological polar surface area (TPSA) is 23.6 Å². The molecule has 0 radical (unpaired) electrons. The van der Waals surface area contributed by atoms with Crippen molar-refractivity contribution in [2.24, 2.45) is 5.92 Å². The molecule has 1 heterocycles. The van der Waals surface area contributed by atoms with Crippen LogP contribution in [0, 0.1) is 5.92 Å². The zero-order chi connectivity index (χ0) is 13.9. The molecule has 3 nitrogen and oxygen atoms in total. The SMILES string of the molecule is O=C(C1CC1)N1CCCN(Cc2ccc(Br)cc2)CC1. The van der Waals surface area contributed by atoms with E-state index in [4.69, 9.17) is 0 Å². The molecule has 0 bridgehead atoms. The summed E-state index contributed by atoms with van der Waals surface area (Å²) in [5.41, 5.74) is 1.34. The van der Waals surface area contributed by atoms with Gasteiger partial charge in [-0.25, -0.2) is 0 Å². The van der Waals surface area contributed by atoms with Crippen molar-refractivity contribution >= 4 is 21.8 Å². The van der Waals surface area contributed by atoms with Crippen LogP contribution in [0.2, 0.25) is 0 Å². The molecular weight excluding hydrogens is 316 g/mol. The van der Waals surface area contributed by atoms with Gasteiger partial charge in [0.15, 0.2) is 0 Å². The molecule has 1 aliphatic carbocycles. The third-order valence-electron chi connectivity index (χ3n) is 4.15. The van der Waals surface area contributed by atoms with E-state index in [1.807, 2.05) is 0 Å². The number of rotatable bonds is 3. The fourth-order valence-electron chi connectivity index (χ4n) is 2.79. The van der Waals surface area contributed by atoms with E-state index >= 15 is 0 Å². The van der Waals surface area contributed by atoms with Gasteiger partial charge in [-0.05, 0) is 37.0 Å². The van der Waals surface area contributed by atoms with E-state index in [0.29, 0.717) is 11.8 Å². The summed E-state index contributed by atoms with van der Waals surface area (Å²) in [6, 6.07) is 8.52. The number of nitrogens with zero attached hydrogens (tertiary/aromatic N) is 2. The molecule has 1 aromatic rings. The summed E-state index contributed by atoms with van der Waals surface area (Å²) in [6.07, 6.45) is 3.31. The first-order valence-corrected chi connectivity index (χ1v) is 8.27. The Bertz CT molecular complexity index is 470. The lowest BCUT2D eigenvalue weighted by Gasteiger charge is -2.22. The maximum atomic E-state index is 12.1. The summed E-state index contributed by atoms with van der Waals surface area (Å²) in [6.45, 7) is 4.90. The highest BCUT2D eigenvalue weighted by Crippen LogP contribution is 2.31. The molecule has 0 N–H and O–H groups in total. The van der Waals surface area contributed by atoms with Crippen molar-refractivity contribution in [3.05, 3.63) is 34.3 Å². The average molecular weight is 337 g/mol. The lowest BCUT2D eigenvalue weighted by molar-refractivity contribution is -0.132. The van der Waals surface area contributed by atoms with Gasteiger partial charge in [0.2, 0.25) is 5.91 Å². The zero-order valence-corrected chi connectivity index (χ0v) is 13.3. The van der Waals surface area contributed by atoms with Crippen molar-refractivity contribution < 1.29 is 4.79 Å². The minimum absolute atomic E-state index is 0.355. The summed E-state index contributed by atoms with van der Waals surface area (Å²) in [5, 5.41) is 0. The second-order valence-corrected chi connectivity index (χ2v) is 6.77. The molecule has 4 heteroatoms. The highest BCUT2D eigenvalue weighted by Gasteiger charge is 2.33. The van der Waals surface area contributed by atoms with Crippen molar-refractivity contribution in [3.63, 3.8) is 0 Å². The number of hydrogen-bond acceptors (Lipinski definition) is 2. The van der Waals surface area contributed by atoms with Crippen LogP contribution in [0.25, 0.3) is 0 Å². The molecule has 1 aliphatic heterocycles. The van der Waals surface area contributed by atoms with Gasteiger partial charge < -0.3 is 4.90 Å². The Morgan fingerprint density at radius 1 is 1.10 bits per heavy atom. The van der Waals surface area contributed by atoms with Crippen molar-refractivity contribution in [1.29, 1.82) is 0 Å². The Balaban J connectivity index is 1.54. The molecule has 0 atom stereocenters. The van der Waals surface area contributed by atoms with Gasteiger partial charge in [0.05, 0.1) is 0 Å². The normalized spacial score (nSPS) is 20.8. The molecule has 1 saturated carbocycles. The summed E-state index contributed by atoms with van der Waals surface area (Å²) in [5.74, 6) is 0.753. The first kappa shape index (κ1) is 14.1. The van der Waals surface area contributed by atoms with E-state index < -0.39 is 0 Å². The predicted octanol–water partition coefficient (Wildman–Crippen LogP) is 2.89. The van der Waals surface area contributed by atoms with Crippen LogP contribution in [0.5, 0.6) is 0 Å². The Morgan fingerprint density at radius 3 is 2.55 bits per heavy atom. The summed E-state index contributed by atoms with van der Waals surface area (Å²) >= 11 is 3.47. The smallest absolute Gasteiger partial charge is 0.225 e. The van der Waals surface area contributed by atoms with E-state index in [-0.39, 0.29) is 0 Å². The van der Waals surface area contributed by atoms with Crippen LogP contribution in [0.4, 0.5) is 0 Å². The van der Waals surface area contributed by atoms with E-state index in [9.17, 15) is 4.79 Å². The Labute approximate surface area is 129 Å². The maximum absolute atomic E-state index is 12.1. The van der Waals surface area contributed by atoms with Crippen LogP contribution in [0.3, 0.4) is 0 Å². The summed E-state index contributed by atoms with van der Waals surface area (Å²) in [7, 11) is 0. The monoisotopic (exact) mass is 336 g/mol. The van der Waals surface area contributed by atoms with Gasteiger partial charge in [0, 0.05) is 43.1 Å². The standard InChI is InChI=1S/C16H21BrN2O/c17-15-6-2-13(3-7-15)12-18-8-1-9-19(11-10-18)16(20)14-4-5-14/h2-3,6-7,14H,1,4-5,8-12H2. The number of carbonyl (C=O) groups excluding carboxylic acids is 1. The van der Waals surface area contributed by atoms with E-state index in [2.05, 4.69) is 50.0 Å². The molecule has 1 amide bonds. The molecule has 2 fully saturated rings. The van der Waals surface area contributed by atoms with Crippen molar-refractivity contribution in [3.8, 4) is 0 Å². The number of hydrogen-bond donors (Lipinski definition) is 0. The van der Waals surface area contributed by atoms with Crippen LogP contribution < -0.4 is 0 Å². The van der Waals surface area contributed by atoms with Gasteiger partial charge >= 0.3 is 0 Å². The average Bonchev–Trinajstić information content (AvgIpc) is 3.27. The van der Waals surface area contributed by atoms with Crippen LogP contribution in [-0.4, -0.2) is 41.9 Å². The Hall–Kier alpha value is -0.870. The molecule has 0 spiro atoms. The maximum Gasteiger partial charge on any atom is 0.225 e. The summed E-state index contributed by atoms with van der Waals surface area (Å²) < 4.78 is 1.12. The highest BCUT2D eigenvalue weighted by atomic mass is 79.9. The van der Waals surface area contributed by atoms with Gasteiger partial charge in [-0.2, -0.15) is 0 Å². The van der Waals surface area contributed by atoms with Crippen LogP contribution in [0.15, 0.2) is 28.7 Å². The van der Waals surface area contributed by atoms with Gasteiger partial charge in [-0.3, -0.25) is 9.69 Å². The lowest BCUT2D eigenvalue weighted by atomic mass is 10.2. The third-order valence-corrected chi connectivity index (χ3v) is 4.67. The fraction of sp³-hybridized carbons (Fsp3) is 0.562. The molecule has 0 unspecified atom stereocenters. The van der Waals surface area contributed by atoms with Gasteiger partial charge in [-0.15, -0.1) is 0 Å². The third kappa shape index (κ3) is 3.61.